The van der Waals surface area contributed by atoms with Crippen LogP contribution in [0.15, 0.2) is 60.9 Å². The van der Waals surface area contributed by atoms with Crippen molar-refractivity contribution in [3.63, 3.8) is 0 Å². The molecule has 0 aliphatic heterocycles. The van der Waals surface area contributed by atoms with Gasteiger partial charge in [0.15, 0.2) is 0 Å². The van der Waals surface area contributed by atoms with Crippen molar-refractivity contribution in [3.8, 4) is 16.9 Å². The molecule has 0 bridgehead atoms. The third-order valence-electron chi connectivity index (χ3n) is 4.49. The predicted molar refractivity (Wildman–Crippen MR) is 101 cm³/mol. The Morgan fingerprint density at radius 2 is 1.93 bits per heavy atom. The van der Waals surface area contributed by atoms with E-state index >= 15 is 0 Å². The van der Waals surface area contributed by atoms with Gasteiger partial charge in [0.25, 0.3) is 0 Å². The van der Waals surface area contributed by atoms with E-state index in [2.05, 4.69) is 20.2 Å². The zero-order valence-electron chi connectivity index (χ0n) is 14.3. The average molecular weight is 373 g/mol. The van der Waals surface area contributed by atoms with Crippen molar-refractivity contribution in [1.29, 1.82) is 0 Å². The van der Waals surface area contributed by atoms with E-state index in [1.807, 2.05) is 6.07 Å². The lowest BCUT2D eigenvalue weighted by Gasteiger charge is -2.06. The number of aromatic amines is 1. The number of fused-ring (bicyclic) bond motifs is 3. The van der Waals surface area contributed by atoms with Crippen LogP contribution < -0.4 is 0 Å². The summed E-state index contributed by atoms with van der Waals surface area (Å²) < 4.78 is 13.6. The number of nitrogens with one attached hydrogen (secondary N) is 1. The molecule has 0 atom stereocenters. The molecule has 0 fully saturated rings. The monoisotopic (exact) mass is 373 g/mol. The Kier molecular flexibility index (Phi) is 3.45. The van der Waals surface area contributed by atoms with Crippen LogP contribution in [0.3, 0.4) is 0 Å². The summed E-state index contributed by atoms with van der Waals surface area (Å²) in [6, 6.07) is 12.6. The summed E-state index contributed by atoms with van der Waals surface area (Å²) in [4.78, 5) is 20.8. The highest BCUT2D eigenvalue weighted by atomic mass is 19.1. The summed E-state index contributed by atoms with van der Waals surface area (Å²) >= 11 is 0. The van der Waals surface area contributed by atoms with Crippen molar-refractivity contribution in [2.75, 3.05) is 0 Å². The molecule has 0 spiro atoms. The molecule has 0 aliphatic carbocycles. The number of pyridine rings is 1. The van der Waals surface area contributed by atoms with Crippen LogP contribution in [0.1, 0.15) is 10.4 Å². The molecule has 0 saturated carbocycles. The van der Waals surface area contributed by atoms with Gasteiger partial charge < -0.3 is 10.1 Å². The fourth-order valence-corrected chi connectivity index (χ4v) is 3.22. The van der Waals surface area contributed by atoms with Gasteiger partial charge in [-0.25, -0.2) is 14.2 Å². The zero-order chi connectivity index (χ0) is 19.3. The summed E-state index contributed by atoms with van der Waals surface area (Å²) in [6.07, 6.45) is 3.49. The molecule has 8 heteroatoms. The van der Waals surface area contributed by atoms with Crippen LogP contribution in [0, 0.1) is 5.82 Å². The molecule has 7 nitrogen and oxygen atoms in total. The van der Waals surface area contributed by atoms with Gasteiger partial charge in [-0.05, 0) is 36.4 Å². The fraction of sp³-hybridized carbons (Fsp3) is 0. The number of benzene rings is 2. The minimum absolute atomic E-state index is 0.0816. The average Bonchev–Trinajstić information content (AvgIpc) is 3.36. The van der Waals surface area contributed by atoms with Crippen molar-refractivity contribution in [3.05, 3.63) is 72.3 Å². The van der Waals surface area contributed by atoms with E-state index in [1.54, 1.807) is 36.7 Å². The molecular formula is C20H12FN5O2. The van der Waals surface area contributed by atoms with Gasteiger partial charge in [0.05, 0.1) is 22.5 Å². The van der Waals surface area contributed by atoms with E-state index in [0.717, 1.165) is 5.56 Å². The number of hydrogen-bond donors (Lipinski definition) is 2. The first kappa shape index (κ1) is 16.1. The van der Waals surface area contributed by atoms with Crippen LogP contribution in [-0.4, -0.2) is 36.0 Å². The number of carboxylic acid groups (broad SMARTS) is 1. The topological polar surface area (TPSA) is 96.7 Å². The quantitative estimate of drug-likeness (QED) is 0.501. The summed E-state index contributed by atoms with van der Waals surface area (Å²) in [5.74, 6) is -1.50. The van der Waals surface area contributed by atoms with E-state index in [9.17, 15) is 14.3 Å². The zero-order valence-corrected chi connectivity index (χ0v) is 14.3. The van der Waals surface area contributed by atoms with Crippen molar-refractivity contribution >= 4 is 27.9 Å². The molecule has 2 aromatic carbocycles. The Labute approximate surface area is 157 Å². The second kappa shape index (κ2) is 5.98. The molecule has 0 radical (unpaired) electrons. The molecule has 0 amide bonds. The Morgan fingerprint density at radius 3 is 2.68 bits per heavy atom. The third-order valence-corrected chi connectivity index (χ3v) is 4.49. The van der Waals surface area contributed by atoms with Gasteiger partial charge in [-0.3, -0.25) is 0 Å². The maximum atomic E-state index is 13.6. The Balaban J connectivity index is 1.80. The maximum absolute atomic E-state index is 13.6. The summed E-state index contributed by atoms with van der Waals surface area (Å²) in [5.41, 5.74) is 3.24. The van der Waals surface area contributed by atoms with Crippen LogP contribution in [0.5, 0.6) is 0 Å². The van der Waals surface area contributed by atoms with Gasteiger partial charge in [-0.1, -0.05) is 6.07 Å². The first-order valence-corrected chi connectivity index (χ1v) is 8.43. The van der Waals surface area contributed by atoms with Gasteiger partial charge in [-0.2, -0.15) is 4.80 Å². The van der Waals surface area contributed by atoms with Crippen LogP contribution in [0.25, 0.3) is 38.9 Å². The lowest BCUT2D eigenvalue weighted by molar-refractivity contribution is 0.0699. The number of aromatic carboxylic acids is 1. The van der Waals surface area contributed by atoms with Crippen molar-refractivity contribution < 1.29 is 14.3 Å². The summed E-state index contributed by atoms with van der Waals surface area (Å²) in [6.45, 7) is 0. The SMILES string of the molecule is O=C(O)c1cc(-c2cc[nH]c2)nc2ccc3nn(-c4cccc(F)c4)nc3c12. The van der Waals surface area contributed by atoms with Gasteiger partial charge in [0.1, 0.15) is 16.9 Å². The molecule has 2 N–H and O–H groups in total. The third kappa shape index (κ3) is 2.50. The maximum Gasteiger partial charge on any atom is 0.336 e. The van der Waals surface area contributed by atoms with E-state index < -0.39 is 11.8 Å². The fourth-order valence-electron chi connectivity index (χ4n) is 3.22. The number of halogens is 1. The van der Waals surface area contributed by atoms with Crippen molar-refractivity contribution in [1.82, 2.24) is 25.0 Å². The first-order valence-electron chi connectivity index (χ1n) is 8.43. The van der Waals surface area contributed by atoms with Crippen LogP contribution >= 0.6 is 0 Å². The Bertz CT molecular complexity index is 1360. The van der Waals surface area contributed by atoms with Gasteiger partial charge in [-0.15, -0.1) is 10.2 Å². The molecule has 3 aromatic heterocycles. The second-order valence-electron chi connectivity index (χ2n) is 6.26. The highest BCUT2D eigenvalue weighted by Crippen LogP contribution is 2.29. The number of carboxylic acids is 1. The Hall–Kier alpha value is -4.07. The van der Waals surface area contributed by atoms with Crippen LogP contribution in [0.4, 0.5) is 4.39 Å². The number of aromatic nitrogens is 5. The molecule has 0 saturated heterocycles. The molecule has 0 unspecified atom stereocenters. The Morgan fingerprint density at radius 1 is 1.07 bits per heavy atom. The van der Waals surface area contributed by atoms with Gasteiger partial charge in [0.2, 0.25) is 0 Å². The lowest BCUT2D eigenvalue weighted by Crippen LogP contribution is -2.01. The molecule has 0 aliphatic rings. The number of nitrogens with zero attached hydrogens (tertiary/aromatic N) is 4. The minimum Gasteiger partial charge on any atom is -0.478 e. The van der Waals surface area contributed by atoms with E-state index in [4.69, 9.17) is 0 Å². The number of hydrogen-bond acceptors (Lipinski definition) is 4. The predicted octanol–water partition coefficient (Wildman–Crippen LogP) is 3.80. The van der Waals surface area contributed by atoms with Crippen LogP contribution in [-0.2, 0) is 0 Å². The smallest absolute Gasteiger partial charge is 0.336 e. The lowest BCUT2D eigenvalue weighted by atomic mass is 10.0. The standard InChI is InChI=1S/C20H12FN5O2/c21-12-2-1-3-13(8-12)26-24-16-5-4-15-18(19(16)25-26)14(20(27)28)9-17(23-15)11-6-7-22-10-11/h1-10,22H,(H,27,28). The normalized spacial score (nSPS) is 11.3. The van der Waals surface area contributed by atoms with E-state index in [-0.39, 0.29) is 5.56 Å². The van der Waals surface area contributed by atoms with Crippen molar-refractivity contribution in [2.45, 2.75) is 0 Å². The molecule has 136 valence electrons. The highest BCUT2D eigenvalue weighted by Gasteiger charge is 2.18. The van der Waals surface area contributed by atoms with Gasteiger partial charge >= 0.3 is 5.97 Å². The molecular weight excluding hydrogens is 361 g/mol. The highest BCUT2D eigenvalue weighted by molar-refractivity contribution is 6.13. The summed E-state index contributed by atoms with van der Waals surface area (Å²) in [7, 11) is 0. The molecule has 28 heavy (non-hydrogen) atoms. The van der Waals surface area contributed by atoms with E-state index in [1.165, 1.54) is 23.0 Å². The number of H-pyrrole nitrogens is 1. The second-order valence-corrected chi connectivity index (χ2v) is 6.26. The largest absolute Gasteiger partial charge is 0.478 e. The van der Waals surface area contributed by atoms with Gasteiger partial charge in [0, 0.05) is 29.4 Å². The van der Waals surface area contributed by atoms with Crippen molar-refractivity contribution in [2.24, 2.45) is 0 Å². The summed E-state index contributed by atoms with van der Waals surface area (Å²) in [5, 5.41) is 19.0. The number of carbonyl (C=O) groups is 1. The number of rotatable bonds is 3. The first-order chi connectivity index (χ1) is 13.6. The minimum atomic E-state index is -1.09. The molecule has 5 aromatic rings. The molecule has 5 rings (SSSR count). The van der Waals surface area contributed by atoms with Crippen LogP contribution in [0.2, 0.25) is 0 Å². The van der Waals surface area contributed by atoms with E-state index in [0.29, 0.717) is 33.3 Å². The molecule has 3 heterocycles.